The van der Waals surface area contributed by atoms with Crippen LogP contribution in [0.5, 0.6) is 0 Å². The van der Waals surface area contributed by atoms with E-state index in [2.05, 4.69) is 0 Å². The summed E-state index contributed by atoms with van der Waals surface area (Å²) < 4.78 is 15.9. The highest BCUT2D eigenvalue weighted by molar-refractivity contribution is 5.86. The van der Waals surface area contributed by atoms with Gasteiger partial charge < -0.3 is 19.3 Å². The van der Waals surface area contributed by atoms with Gasteiger partial charge in [0.15, 0.2) is 5.76 Å². The largest absolute Gasteiger partial charge is 0.495 e. The van der Waals surface area contributed by atoms with Gasteiger partial charge in [-0.15, -0.1) is 0 Å². The molecule has 0 atom stereocenters. The van der Waals surface area contributed by atoms with Gasteiger partial charge in [0.2, 0.25) is 5.79 Å². The molecule has 0 aliphatic carbocycles. The first-order chi connectivity index (χ1) is 7.42. The van der Waals surface area contributed by atoms with E-state index in [4.69, 9.17) is 19.3 Å². The summed E-state index contributed by atoms with van der Waals surface area (Å²) in [5.41, 5.74) is 0.0758. The molecule has 16 heavy (non-hydrogen) atoms. The number of carboxylic acids is 1. The van der Waals surface area contributed by atoms with Gasteiger partial charge in [-0.1, -0.05) is 0 Å². The Bertz CT molecular complexity index is 264. The highest BCUT2D eigenvalue weighted by Crippen LogP contribution is 2.26. The third-order valence-electron chi connectivity index (χ3n) is 2.12. The van der Waals surface area contributed by atoms with Crippen molar-refractivity contribution >= 4 is 5.97 Å². The summed E-state index contributed by atoms with van der Waals surface area (Å²) in [6.07, 6.45) is 0. The SMILES string of the molecule is CCOC(C)(OCC)C(OC)=C(C)C(=O)O. The van der Waals surface area contributed by atoms with Crippen LogP contribution in [0.15, 0.2) is 11.3 Å². The molecule has 0 aromatic rings. The van der Waals surface area contributed by atoms with Crippen molar-refractivity contribution in [3.63, 3.8) is 0 Å². The van der Waals surface area contributed by atoms with Crippen LogP contribution in [0.3, 0.4) is 0 Å². The van der Waals surface area contributed by atoms with Crippen molar-refractivity contribution in [3.05, 3.63) is 11.3 Å². The van der Waals surface area contributed by atoms with E-state index in [0.717, 1.165) is 0 Å². The van der Waals surface area contributed by atoms with E-state index in [1.807, 2.05) is 0 Å². The molecule has 1 N–H and O–H groups in total. The molecule has 0 aliphatic rings. The summed E-state index contributed by atoms with van der Waals surface area (Å²) in [5.74, 6) is -2.02. The van der Waals surface area contributed by atoms with Crippen LogP contribution >= 0.6 is 0 Å². The predicted octanol–water partition coefficient (Wildman–Crippen LogP) is 1.78. The maximum absolute atomic E-state index is 10.9. The second-order valence-electron chi connectivity index (χ2n) is 3.28. The zero-order valence-corrected chi connectivity index (χ0v) is 10.5. The Labute approximate surface area is 96.0 Å². The Balaban J connectivity index is 5.29. The minimum atomic E-state index is -1.15. The average Bonchev–Trinajstić information content (AvgIpc) is 2.18. The monoisotopic (exact) mass is 232 g/mol. The Morgan fingerprint density at radius 1 is 1.25 bits per heavy atom. The third-order valence-corrected chi connectivity index (χ3v) is 2.12. The molecule has 0 spiro atoms. The molecule has 0 radical (unpaired) electrons. The number of carbonyl (C=O) groups is 1. The van der Waals surface area contributed by atoms with Crippen molar-refractivity contribution < 1.29 is 24.1 Å². The Kier molecular flexibility index (Phi) is 6.06. The van der Waals surface area contributed by atoms with E-state index in [0.29, 0.717) is 13.2 Å². The van der Waals surface area contributed by atoms with Gasteiger partial charge in [0.1, 0.15) is 0 Å². The number of carboxylic acid groups (broad SMARTS) is 1. The van der Waals surface area contributed by atoms with Crippen LogP contribution in [0.25, 0.3) is 0 Å². The third kappa shape index (κ3) is 3.50. The van der Waals surface area contributed by atoms with Gasteiger partial charge in [-0.3, -0.25) is 0 Å². The van der Waals surface area contributed by atoms with Crippen molar-refractivity contribution in [3.8, 4) is 0 Å². The molecule has 0 amide bonds. The van der Waals surface area contributed by atoms with Gasteiger partial charge in [0.25, 0.3) is 0 Å². The normalized spacial score (nSPS) is 13.3. The lowest BCUT2D eigenvalue weighted by Gasteiger charge is -2.31. The van der Waals surface area contributed by atoms with Crippen LogP contribution in [-0.4, -0.2) is 37.2 Å². The minimum absolute atomic E-state index is 0.0758. The van der Waals surface area contributed by atoms with Crippen molar-refractivity contribution in [2.75, 3.05) is 20.3 Å². The standard InChI is InChI=1S/C11H20O5/c1-6-15-11(4,16-7-2)9(14-5)8(3)10(12)13/h6-7H2,1-5H3,(H,12,13). The Hall–Kier alpha value is -1.07. The quantitative estimate of drug-likeness (QED) is 0.412. The fraction of sp³-hybridized carbons (Fsp3) is 0.727. The molecule has 0 aromatic carbocycles. The molecule has 0 saturated carbocycles. The van der Waals surface area contributed by atoms with E-state index >= 15 is 0 Å². The summed E-state index contributed by atoms with van der Waals surface area (Å²) in [6.45, 7) is 7.51. The van der Waals surface area contributed by atoms with Crippen LogP contribution in [0, 0.1) is 0 Å². The maximum atomic E-state index is 10.9. The second-order valence-corrected chi connectivity index (χ2v) is 3.28. The summed E-state index contributed by atoms with van der Waals surface area (Å²) >= 11 is 0. The molecular formula is C11H20O5. The van der Waals surface area contributed by atoms with Crippen molar-refractivity contribution in [2.45, 2.75) is 33.5 Å². The average molecular weight is 232 g/mol. The lowest BCUT2D eigenvalue weighted by atomic mass is 10.1. The smallest absolute Gasteiger partial charge is 0.334 e. The lowest BCUT2D eigenvalue weighted by Crippen LogP contribution is -2.37. The van der Waals surface area contributed by atoms with Gasteiger partial charge in [-0.05, 0) is 27.7 Å². The predicted molar refractivity (Wildman–Crippen MR) is 59.0 cm³/mol. The summed E-state index contributed by atoms with van der Waals surface area (Å²) in [6, 6.07) is 0. The molecule has 0 fully saturated rings. The number of hydrogen-bond donors (Lipinski definition) is 1. The number of ether oxygens (including phenoxy) is 3. The Morgan fingerprint density at radius 3 is 1.94 bits per heavy atom. The van der Waals surface area contributed by atoms with Gasteiger partial charge in [-0.2, -0.15) is 0 Å². The second kappa shape index (κ2) is 6.50. The maximum Gasteiger partial charge on any atom is 0.334 e. The van der Waals surface area contributed by atoms with E-state index in [9.17, 15) is 4.79 Å². The molecule has 0 heterocycles. The summed E-state index contributed by atoms with van der Waals surface area (Å²) in [7, 11) is 1.40. The van der Waals surface area contributed by atoms with Crippen LogP contribution < -0.4 is 0 Å². The highest BCUT2D eigenvalue weighted by atomic mass is 16.7. The number of hydrogen-bond acceptors (Lipinski definition) is 4. The number of rotatable bonds is 7. The van der Waals surface area contributed by atoms with Gasteiger partial charge >= 0.3 is 5.97 Å². The zero-order valence-electron chi connectivity index (χ0n) is 10.5. The van der Waals surface area contributed by atoms with Gasteiger partial charge in [-0.25, -0.2) is 4.79 Å². The van der Waals surface area contributed by atoms with E-state index in [1.54, 1.807) is 20.8 Å². The molecule has 5 nitrogen and oxygen atoms in total. The van der Waals surface area contributed by atoms with Crippen LogP contribution in [0.1, 0.15) is 27.7 Å². The molecule has 5 heteroatoms. The molecule has 0 rings (SSSR count). The van der Waals surface area contributed by atoms with Gasteiger partial charge in [0.05, 0.1) is 12.7 Å². The topological polar surface area (TPSA) is 65.0 Å². The summed E-state index contributed by atoms with van der Waals surface area (Å²) in [5, 5.41) is 8.93. The minimum Gasteiger partial charge on any atom is -0.495 e. The molecular weight excluding hydrogens is 212 g/mol. The molecule has 0 unspecified atom stereocenters. The highest BCUT2D eigenvalue weighted by Gasteiger charge is 2.35. The molecule has 0 aliphatic heterocycles. The summed E-state index contributed by atoms with van der Waals surface area (Å²) in [4.78, 5) is 10.9. The van der Waals surface area contributed by atoms with Crippen LogP contribution in [0.2, 0.25) is 0 Å². The van der Waals surface area contributed by atoms with E-state index in [-0.39, 0.29) is 11.3 Å². The fourth-order valence-electron chi connectivity index (χ4n) is 1.50. The number of aliphatic carboxylic acids is 1. The molecule has 0 saturated heterocycles. The van der Waals surface area contributed by atoms with Crippen molar-refractivity contribution in [1.82, 2.24) is 0 Å². The molecule has 0 bridgehead atoms. The first-order valence-corrected chi connectivity index (χ1v) is 5.19. The van der Waals surface area contributed by atoms with Crippen LogP contribution in [-0.2, 0) is 19.0 Å². The lowest BCUT2D eigenvalue weighted by molar-refractivity contribution is -0.215. The zero-order chi connectivity index (χ0) is 12.8. The Morgan fingerprint density at radius 2 is 1.69 bits per heavy atom. The first kappa shape index (κ1) is 14.9. The van der Waals surface area contributed by atoms with Gasteiger partial charge in [0, 0.05) is 13.2 Å². The van der Waals surface area contributed by atoms with E-state index in [1.165, 1.54) is 14.0 Å². The van der Waals surface area contributed by atoms with E-state index < -0.39 is 11.8 Å². The number of methoxy groups -OCH3 is 1. The van der Waals surface area contributed by atoms with Crippen LogP contribution in [0.4, 0.5) is 0 Å². The first-order valence-electron chi connectivity index (χ1n) is 5.19. The fourth-order valence-corrected chi connectivity index (χ4v) is 1.50. The van der Waals surface area contributed by atoms with Crippen molar-refractivity contribution in [2.24, 2.45) is 0 Å². The molecule has 0 aromatic heterocycles. The molecule has 94 valence electrons. The van der Waals surface area contributed by atoms with Crippen molar-refractivity contribution in [1.29, 1.82) is 0 Å².